The van der Waals surface area contributed by atoms with E-state index in [1.54, 1.807) is 53.4 Å². The number of hydrogen-bond donors (Lipinski definition) is 0. The lowest BCUT2D eigenvalue weighted by Crippen LogP contribution is -2.49. The Balaban J connectivity index is 1.24. The lowest BCUT2D eigenvalue weighted by Gasteiger charge is -2.36. The van der Waals surface area contributed by atoms with Gasteiger partial charge >= 0.3 is 6.18 Å². The van der Waals surface area contributed by atoms with Gasteiger partial charge in [0, 0.05) is 49.3 Å². The number of nitrogens with zero attached hydrogens (tertiary/aromatic N) is 4. The summed E-state index contributed by atoms with van der Waals surface area (Å²) in [5.41, 5.74) is 1.56. The van der Waals surface area contributed by atoms with E-state index in [9.17, 15) is 22.4 Å². The number of amides is 1. The van der Waals surface area contributed by atoms with E-state index in [0.29, 0.717) is 66.6 Å². The van der Waals surface area contributed by atoms with Gasteiger partial charge in [-0.3, -0.25) is 4.79 Å². The van der Waals surface area contributed by atoms with Crippen molar-refractivity contribution >= 4 is 11.6 Å². The molecule has 0 unspecified atom stereocenters. The molecule has 1 aliphatic heterocycles. The van der Waals surface area contributed by atoms with Crippen LogP contribution in [0, 0.1) is 5.82 Å². The SMILES string of the molecule is O=C(c1ccc(-n2nc(C(F)(F)F)c3c2-c2ccoc2CC3)cc1)N1CCN(c2ccccc2F)CC1. The Bertz CT molecular complexity index is 1460. The molecule has 2 aromatic heterocycles. The number of aromatic nitrogens is 2. The van der Waals surface area contributed by atoms with Crippen LogP contribution < -0.4 is 4.90 Å². The van der Waals surface area contributed by atoms with Crippen LogP contribution in [-0.4, -0.2) is 46.8 Å². The van der Waals surface area contributed by atoms with Crippen LogP contribution in [-0.2, 0) is 19.0 Å². The molecule has 0 atom stereocenters. The Hall–Kier alpha value is -4.08. The van der Waals surface area contributed by atoms with Crippen LogP contribution in [0.25, 0.3) is 16.9 Å². The highest BCUT2D eigenvalue weighted by atomic mass is 19.4. The topological polar surface area (TPSA) is 54.5 Å². The molecular weight excluding hydrogens is 488 g/mol. The minimum atomic E-state index is -4.59. The fourth-order valence-corrected chi connectivity index (χ4v) is 5.15. The van der Waals surface area contributed by atoms with Crippen LogP contribution in [0.3, 0.4) is 0 Å². The van der Waals surface area contributed by atoms with Crippen LogP contribution in [0.5, 0.6) is 0 Å². The third kappa shape index (κ3) is 4.06. The smallest absolute Gasteiger partial charge is 0.435 e. The molecule has 10 heteroatoms. The van der Waals surface area contributed by atoms with E-state index < -0.39 is 11.9 Å². The quantitative estimate of drug-likeness (QED) is 0.349. The predicted molar refractivity (Wildman–Crippen MR) is 128 cm³/mol. The molecule has 0 N–H and O–H groups in total. The third-order valence-electron chi connectivity index (χ3n) is 6.97. The molecule has 3 heterocycles. The summed E-state index contributed by atoms with van der Waals surface area (Å²) in [6.45, 7) is 1.86. The number of anilines is 1. The molecule has 0 spiro atoms. The van der Waals surface area contributed by atoms with Crippen molar-refractivity contribution in [2.45, 2.75) is 19.0 Å². The lowest BCUT2D eigenvalue weighted by atomic mass is 9.94. The minimum Gasteiger partial charge on any atom is -0.469 e. The van der Waals surface area contributed by atoms with Crippen LogP contribution in [0.1, 0.15) is 27.4 Å². The Morgan fingerprint density at radius 2 is 1.65 bits per heavy atom. The van der Waals surface area contributed by atoms with E-state index in [-0.39, 0.29) is 23.7 Å². The summed E-state index contributed by atoms with van der Waals surface area (Å²) in [6.07, 6.45) is -2.56. The monoisotopic (exact) mass is 510 g/mol. The van der Waals surface area contributed by atoms with Gasteiger partial charge in [0.15, 0.2) is 5.69 Å². The Labute approximate surface area is 209 Å². The molecule has 37 heavy (non-hydrogen) atoms. The molecule has 0 bridgehead atoms. The van der Waals surface area contributed by atoms with Gasteiger partial charge in [0.2, 0.25) is 0 Å². The van der Waals surface area contributed by atoms with E-state index in [4.69, 9.17) is 4.42 Å². The molecule has 6 nitrogen and oxygen atoms in total. The van der Waals surface area contributed by atoms with Gasteiger partial charge in [-0.05, 0) is 48.9 Å². The predicted octanol–water partition coefficient (Wildman–Crippen LogP) is 5.35. The van der Waals surface area contributed by atoms with Gasteiger partial charge in [0.1, 0.15) is 11.6 Å². The summed E-state index contributed by atoms with van der Waals surface area (Å²) < 4.78 is 62.2. The molecule has 6 rings (SSSR count). The first-order valence-electron chi connectivity index (χ1n) is 12.0. The first kappa shape index (κ1) is 23.3. The van der Waals surface area contributed by atoms with Gasteiger partial charge < -0.3 is 14.2 Å². The van der Waals surface area contributed by atoms with Crippen LogP contribution >= 0.6 is 0 Å². The standard InChI is InChI=1S/C27H22F4N4O2/c28-21-3-1-2-4-22(21)33-12-14-34(15-13-33)26(36)17-5-7-18(8-6-17)35-24-19-11-16-37-23(19)10-9-20(24)25(32-35)27(29,30)31/h1-8,11,16H,9-10,12-15H2. The number of carbonyl (C=O) groups excluding carboxylic acids is 1. The van der Waals surface area contributed by atoms with E-state index in [2.05, 4.69) is 5.10 Å². The van der Waals surface area contributed by atoms with E-state index in [0.717, 1.165) is 0 Å². The summed E-state index contributed by atoms with van der Waals surface area (Å²) >= 11 is 0. The number of halogens is 4. The third-order valence-corrected chi connectivity index (χ3v) is 6.97. The molecule has 0 radical (unpaired) electrons. The van der Waals surface area contributed by atoms with Crippen molar-refractivity contribution < 1.29 is 26.8 Å². The first-order chi connectivity index (χ1) is 17.8. The van der Waals surface area contributed by atoms with Crippen molar-refractivity contribution in [3.63, 3.8) is 0 Å². The highest BCUT2D eigenvalue weighted by molar-refractivity contribution is 5.94. The average molecular weight is 510 g/mol. The van der Waals surface area contributed by atoms with Crippen molar-refractivity contribution in [3.8, 4) is 16.9 Å². The molecule has 0 saturated carbocycles. The molecule has 190 valence electrons. The highest BCUT2D eigenvalue weighted by Gasteiger charge is 2.41. The number of alkyl halides is 3. The molecule has 1 fully saturated rings. The second kappa shape index (κ2) is 8.79. The first-order valence-corrected chi connectivity index (χ1v) is 12.0. The Morgan fingerprint density at radius 1 is 0.919 bits per heavy atom. The van der Waals surface area contributed by atoms with Crippen molar-refractivity contribution in [1.29, 1.82) is 0 Å². The maximum absolute atomic E-state index is 14.1. The molecule has 1 amide bonds. The number of rotatable bonds is 3. The normalized spacial score (nSPS) is 15.5. The van der Waals surface area contributed by atoms with Gasteiger partial charge in [0.05, 0.1) is 23.3 Å². The zero-order chi connectivity index (χ0) is 25.7. The number of para-hydroxylation sites is 1. The number of aryl methyl sites for hydroxylation is 1. The molecule has 2 aromatic carbocycles. The van der Waals surface area contributed by atoms with Gasteiger partial charge in [-0.2, -0.15) is 18.3 Å². The molecule has 1 aliphatic carbocycles. The second-order valence-electron chi connectivity index (χ2n) is 9.12. The number of benzene rings is 2. The van der Waals surface area contributed by atoms with Gasteiger partial charge in [-0.1, -0.05) is 12.1 Å². The number of hydrogen-bond acceptors (Lipinski definition) is 4. The summed E-state index contributed by atoms with van der Waals surface area (Å²) in [4.78, 5) is 16.7. The lowest BCUT2D eigenvalue weighted by molar-refractivity contribution is -0.142. The van der Waals surface area contributed by atoms with Crippen LogP contribution in [0.4, 0.5) is 23.2 Å². The molecule has 2 aliphatic rings. The fraction of sp³-hybridized carbons (Fsp3) is 0.259. The van der Waals surface area contributed by atoms with E-state index in [1.807, 2.05) is 4.90 Å². The largest absolute Gasteiger partial charge is 0.469 e. The number of fused-ring (bicyclic) bond motifs is 3. The van der Waals surface area contributed by atoms with E-state index in [1.165, 1.54) is 17.0 Å². The summed E-state index contributed by atoms with van der Waals surface area (Å²) in [6, 6.07) is 14.6. The highest BCUT2D eigenvalue weighted by Crippen LogP contribution is 2.42. The van der Waals surface area contributed by atoms with Crippen LogP contribution in [0.15, 0.2) is 65.3 Å². The Kier molecular flexibility index (Phi) is 5.54. The van der Waals surface area contributed by atoms with Gasteiger partial charge in [0.25, 0.3) is 5.91 Å². The zero-order valence-corrected chi connectivity index (χ0v) is 19.6. The van der Waals surface area contributed by atoms with Crippen molar-refractivity contribution in [1.82, 2.24) is 14.7 Å². The van der Waals surface area contributed by atoms with Crippen molar-refractivity contribution in [2.24, 2.45) is 0 Å². The maximum atomic E-state index is 14.1. The molecule has 4 aromatic rings. The summed E-state index contributed by atoms with van der Waals surface area (Å²) in [5.74, 6) is 0.147. The minimum absolute atomic E-state index is 0.147. The van der Waals surface area contributed by atoms with Crippen molar-refractivity contribution in [3.05, 3.63) is 89.3 Å². The number of piperazine rings is 1. The average Bonchev–Trinajstić information content (AvgIpc) is 3.53. The molecular formula is C27H22F4N4O2. The van der Waals surface area contributed by atoms with Gasteiger partial charge in [-0.25, -0.2) is 9.07 Å². The molecule has 1 saturated heterocycles. The maximum Gasteiger partial charge on any atom is 0.435 e. The number of carbonyl (C=O) groups is 1. The van der Waals surface area contributed by atoms with E-state index >= 15 is 0 Å². The summed E-state index contributed by atoms with van der Waals surface area (Å²) in [5, 5.41) is 3.94. The second-order valence-corrected chi connectivity index (χ2v) is 9.12. The summed E-state index contributed by atoms with van der Waals surface area (Å²) in [7, 11) is 0. The number of furan rings is 1. The fourth-order valence-electron chi connectivity index (χ4n) is 5.15. The van der Waals surface area contributed by atoms with Crippen LogP contribution in [0.2, 0.25) is 0 Å². The zero-order valence-electron chi connectivity index (χ0n) is 19.6. The van der Waals surface area contributed by atoms with Crippen molar-refractivity contribution in [2.75, 3.05) is 31.1 Å². The Morgan fingerprint density at radius 3 is 2.35 bits per heavy atom. The van der Waals surface area contributed by atoms with Gasteiger partial charge in [-0.15, -0.1) is 0 Å².